The van der Waals surface area contributed by atoms with Crippen LogP contribution in [0.15, 0.2) is 36.4 Å². The third-order valence-corrected chi connectivity index (χ3v) is 5.42. The zero-order valence-electron chi connectivity index (χ0n) is 14.9. The van der Waals surface area contributed by atoms with Gasteiger partial charge < -0.3 is 15.8 Å². The van der Waals surface area contributed by atoms with Crippen LogP contribution >= 0.6 is 0 Å². The number of nitrogens with one attached hydrogen (secondary N) is 1. The number of carbonyl (C=O) groups is 1. The van der Waals surface area contributed by atoms with Crippen molar-refractivity contribution in [1.29, 1.82) is 0 Å². The van der Waals surface area contributed by atoms with Crippen LogP contribution in [-0.4, -0.2) is 34.4 Å². The van der Waals surface area contributed by atoms with Crippen LogP contribution in [0.2, 0.25) is 0 Å². The number of para-hydroxylation sites is 1. The van der Waals surface area contributed by atoms with Crippen molar-refractivity contribution in [2.75, 3.05) is 11.9 Å². The van der Waals surface area contributed by atoms with Gasteiger partial charge in [-0.2, -0.15) is 5.10 Å². The SMILES string of the molecule is NC[C@H]1CC[C@@H](C(=O)Nc2cc(C3CCCC3)nn2-c2ccccc2)O1. The minimum absolute atomic E-state index is 0.0150. The maximum Gasteiger partial charge on any atom is 0.254 e. The number of nitrogens with zero attached hydrogens (tertiary/aromatic N) is 2. The first-order valence-electron chi connectivity index (χ1n) is 9.56. The number of hydrogen-bond donors (Lipinski definition) is 2. The number of nitrogens with two attached hydrogens (primary N) is 1. The molecule has 3 N–H and O–H groups in total. The molecule has 1 aliphatic carbocycles. The number of amides is 1. The summed E-state index contributed by atoms with van der Waals surface area (Å²) in [6.07, 6.45) is 5.94. The molecule has 6 nitrogen and oxygen atoms in total. The van der Waals surface area contributed by atoms with Crippen molar-refractivity contribution in [1.82, 2.24) is 9.78 Å². The zero-order chi connectivity index (χ0) is 17.9. The van der Waals surface area contributed by atoms with Crippen molar-refractivity contribution in [2.24, 2.45) is 5.73 Å². The summed E-state index contributed by atoms with van der Waals surface area (Å²) in [6.45, 7) is 0.456. The summed E-state index contributed by atoms with van der Waals surface area (Å²) < 4.78 is 7.56. The van der Waals surface area contributed by atoms with E-state index in [1.165, 1.54) is 25.7 Å². The maximum atomic E-state index is 12.7. The molecule has 1 amide bonds. The lowest BCUT2D eigenvalue weighted by atomic mass is 10.0. The molecule has 26 heavy (non-hydrogen) atoms. The molecule has 2 atom stereocenters. The van der Waals surface area contributed by atoms with Gasteiger partial charge >= 0.3 is 0 Å². The topological polar surface area (TPSA) is 82.2 Å². The molecule has 1 aromatic carbocycles. The van der Waals surface area contributed by atoms with E-state index >= 15 is 0 Å². The number of benzene rings is 1. The van der Waals surface area contributed by atoms with Crippen molar-refractivity contribution >= 4 is 11.7 Å². The smallest absolute Gasteiger partial charge is 0.254 e. The molecular formula is C20H26N4O2. The Bertz CT molecular complexity index is 752. The molecule has 4 rings (SSSR count). The summed E-state index contributed by atoms with van der Waals surface area (Å²) in [5.74, 6) is 1.08. The van der Waals surface area contributed by atoms with Crippen LogP contribution in [0, 0.1) is 0 Å². The van der Waals surface area contributed by atoms with Crippen molar-refractivity contribution in [3.8, 4) is 5.69 Å². The average molecular weight is 354 g/mol. The Balaban J connectivity index is 1.58. The second kappa shape index (κ2) is 7.60. The molecule has 2 heterocycles. The van der Waals surface area contributed by atoms with Gasteiger partial charge in [0.2, 0.25) is 0 Å². The zero-order valence-corrected chi connectivity index (χ0v) is 14.9. The fraction of sp³-hybridized carbons (Fsp3) is 0.500. The highest BCUT2D eigenvalue weighted by atomic mass is 16.5. The lowest BCUT2D eigenvalue weighted by Gasteiger charge is -2.13. The second-order valence-electron chi connectivity index (χ2n) is 7.23. The molecule has 0 spiro atoms. The fourth-order valence-corrected chi connectivity index (χ4v) is 3.95. The molecule has 2 fully saturated rings. The van der Waals surface area contributed by atoms with E-state index in [2.05, 4.69) is 5.32 Å². The first-order valence-corrected chi connectivity index (χ1v) is 9.56. The standard InChI is InChI=1S/C20H26N4O2/c21-13-16-10-11-18(26-16)20(25)22-19-12-17(14-6-4-5-7-14)23-24(19)15-8-2-1-3-9-15/h1-3,8-9,12,14,16,18H,4-7,10-11,13,21H2,(H,22,25)/t16-,18+/m1/s1. The van der Waals surface area contributed by atoms with E-state index in [9.17, 15) is 4.79 Å². The summed E-state index contributed by atoms with van der Waals surface area (Å²) >= 11 is 0. The van der Waals surface area contributed by atoms with E-state index in [-0.39, 0.29) is 12.0 Å². The van der Waals surface area contributed by atoms with Gasteiger partial charge in [-0.15, -0.1) is 0 Å². The summed E-state index contributed by atoms with van der Waals surface area (Å²) in [5, 5.41) is 7.85. The van der Waals surface area contributed by atoms with Crippen molar-refractivity contribution in [3.63, 3.8) is 0 Å². The van der Waals surface area contributed by atoms with E-state index < -0.39 is 6.10 Å². The highest BCUT2D eigenvalue weighted by molar-refractivity contribution is 5.94. The average Bonchev–Trinajstić information content (AvgIpc) is 3.42. The Kier molecular flexibility index (Phi) is 5.04. The number of hydrogen-bond acceptors (Lipinski definition) is 4. The Morgan fingerprint density at radius 2 is 1.96 bits per heavy atom. The van der Waals surface area contributed by atoms with Crippen LogP contribution in [0.5, 0.6) is 0 Å². The molecule has 0 bridgehead atoms. The van der Waals surface area contributed by atoms with Crippen LogP contribution in [0.25, 0.3) is 5.69 Å². The van der Waals surface area contributed by atoms with Crippen molar-refractivity contribution in [3.05, 3.63) is 42.1 Å². The molecule has 1 saturated heterocycles. The predicted molar refractivity (Wildman–Crippen MR) is 100 cm³/mol. The molecule has 1 saturated carbocycles. The highest BCUT2D eigenvalue weighted by Crippen LogP contribution is 2.35. The van der Waals surface area contributed by atoms with Gasteiger partial charge in [-0.3, -0.25) is 4.79 Å². The Labute approximate surface area is 153 Å². The maximum absolute atomic E-state index is 12.7. The summed E-state index contributed by atoms with van der Waals surface area (Å²) in [4.78, 5) is 12.7. The van der Waals surface area contributed by atoms with Crippen LogP contribution in [0.1, 0.15) is 50.1 Å². The number of ether oxygens (including phenoxy) is 1. The lowest BCUT2D eigenvalue weighted by Crippen LogP contribution is -2.30. The second-order valence-corrected chi connectivity index (χ2v) is 7.23. The van der Waals surface area contributed by atoms with Gasteiger partial charge in [-0.05, 0) is 37.8 Å². The fourth-order valence-electron chi connectivity index (χ4n) is 3.95. The van der Waals surface area contributed by atoms with E-state index in [4.69, 9.17) is 15.6 Å². The summed E-state index contributed by atoms with van der Waals surface area (Å²) in [6, 6.07) is 11.9. The molecule has 2 aliphatic rings. The minimum atomic E-state index is -0.433. The van der Waals surface area contributed by atoms with Gasteiger partial charge in [0.25, 0.3) is 5.91 Å². The van der Waals surface area contributed by atoms with E-state index in [1.54, 1.807) is 0 Å². The number of anilines is 1. The van der Waals surface area contributed by atoms with Crippen LogP contribution < -0.4 is 11.1 Å². The Hall–Kier alpha value is -2.18. The third kappa shape index (κ3) is 3.52. The molecule has 6 heteroatoms. The number of carbonyl (C=O) groups excluding carboxylic acids is 1. The van der Waals surface area contributed by atoms with Crippen LogP contribution in [0.4, 0.5) is 5.82 Å². The van der Waals surface area contributed by atoms with Crippen molar-refractivity contribution < 1.29 is 9.53 Å². The number of rotatable bonds is 5. The third-order valence-electron chi connectivity index (χ3n) is 5.42. The van der Waals surface area contributed by atoms with Crippen LogP contribution in [0.3, 0.4) is 0 Å². The predicted octanol–water partition coefficient (Wildman–Crippen LogP) is 2.97. The molecule has 138 valence electrons. The van der Waals surface area contributed by atoms with E-state index in [0.717, 1.165) is 17.8 Å². The molecule has 1 aromatic heterocycles. The minimum Gasteiger partial charge on any atom is -0.364 e. The largest absolute Gasteiger partial charge is 0.364 e. The first kappa shape index (κ1) is 17.2. The lowest BCUT2D eigenvalue weighted by molar-refractivity contribution is -0.126. The quantitative estimate of drug-likeness (QED) is 0.865. The van der Waals surface area contributed by atoms with Gasteiger partial charge in [0.05, 0.1) is 17.5 Å². The van der Waals surface area contributed by atoms with Gasteiger partial charge in [0.1, 0.15) is 11.9 Å². The first-order chi connectivity index (χ1) is 12.7. The highest BCUT2D eigenvalue weighted by Gasteiger charge is 2.31. The molecule has 0 radical (unpaired) electrons. The molecular weight excluding hydrogens is 328 g/mol. The Morgan fingerprint density at radius 3 is 2.65 bits per heavy atom. The molecule has 2 aromatic rings. The monoisotopic (exact) mass is 354 g/mol. The summed E-state index contributed by atoms with van der Waals surface area (Å²) in [5.41, 5.74) is 7.66. The van der Waals surface area contributed by atoms with Crippen LogP contribution in [-0.2, 0) is 9.53 Å². The molecule has 0 unspecified atom stereocenters. The van der Waals surface area contributed by atoms with Gasteiger partial charge in [-0.25, -0.2) is 4.68 Å². The van der Waals surface area contributed by atoms with Gasteiger partial charge in [-0.1, -0.05) is 31.0 Å². The van der Waals surface area contributed by atoms with Gasteiger partial charge in [0, 0.05) is 18.5 Å². The van der Waals surface area contributed by atoms with Crippen molar-refractivity contribution in [2.45, 2.75) is 56.7 Å². The normalized spacial score (nSPS) is 23.4. The van der Waals surface area contributed by atoms with E-state index in [0.29, 0.717) is 24.7 Å². The Morgan fingerprint density at radius 1 is 1.19 bits per heavy atom. The number of aromatic nitrogens is 2. The van der Waals surface area contributed by atoms with E-state index in [1.807, 2.05) is 41.1 Å². The van der Waals surface area contributed by atoms with Gasteiger partial charge in [0.15, 0.2) is 0 Å². The molecule has 1 aliphatic heterocycles. The summed E-state index contributed by atoms with van der Waals surface area (Å²) in [7, 11) is 0.